The lowest BCUT2D eigenvalue weighted by atomic mass is 10.0. The number of aryl methyl sites for hydroxylation is 2. The van der Waals surface area contributed by atoms with Crippen LogP contribution in [0.25, 0.3) is 0 Å². The van der Waals surface area contributed by atoms with Crippen LogP contribution in [0.1, 0.15) is 22.3 Å². The molecule has 0 unspecified atom stereocenters. The van der Waals surface area contributed by atoms with Crippen LogP contribution in [0.15, 0.2) is 48.5 Å². The van der Waals surface area contributed by atoms with Crippen LogP contribution in [0.2, 0.25) is 0 Å². The Morgan fingerprint density at radius 2 is 1.22 bits per heavy atom. The minimum atomic E-state index is 0. The molecule has 0 saturated heterocycles. The molecule has 0 amide bonds. The van der Waals surface area contributed by atoms with Gasteiger partial charge in [0, 0.05) is 26.2 Å². The van der Waals surface area contributed by atoms with Gasteiger partial charge in [-0.3, -0.25) is 5.41 Å². The SMILES string of the molecule is CN(C)C(=N)c1ccc(CCc2ccc(CN)cc2)cc1.Cl.Cl. The third-order valence-corrected chi connectivity index (χ3v) is 3.64. The van der Waals surface area contributed by atoms with E-state index in [-0.39, 0.29) is 24.8 Å². The van der Waals surface area contributed by atoms with Crippen LogP contribution in [0, 0.1) is 5.41 Å². The van der Waals surface area contributed by atoms with Crippen molar-refractivity contribution in [3.05, 3.63) is 70.8 Å². The van der Waals surface area contributed by atoms with E-state index in [4.69, 9.17) is 11.1 Å². The Morgan fingerprint density at radius 3 is 1.61 bits per heavy atom. The molecule has 0 aliphatic heterocycles. The Kier molecular flexibility index (Phi) is 9.58. The van der Waals surface area contributed by atoms with E-state index < -0.39 is 0 Å². The van der Waals surface area contributed by atoms with Crippen molar-refractivity contribution in [1.82, 2.24) is 4.90 Å². The normalized spacial score (nSPS) is 9.52. The van der Waals surface area contributed by atoms with Crippen molar-refractivity contribution in [2.75, 3.05) is 14.1 Å². The molecule has 0 aliphatic carbocycles. The van der Waals surface area contributed by atoms with Crippen LogP contribution in [0.3, 0.4) is 0 Å². The summed E-state index contributed by atoms with van der Waals surface area (Å²) in [6.07, 6.45) is 2.03. The molecule has 0 aliphatic rings. The molecule has 0 bridgehead atoms. The van der Waals surface area contributed by atoms with E-state index in [0.717, 1.165) is 18.4 Å². The Morgan fingerprint density at radius 1 is 0.826 bits per heavy atom. The number of halogens is 2. The summed E-state index contributed by atoms with van der Waals surface area (Å²) in [6, 6.07) is 16.8. The first-order valence-electron chi connectivity index (χ1n) is 7.23. The number of nitrogens with zero attached hydrogens (tertiary/aromatic N) is 1. The third-order valence-electron chi connectivity index (χ3n) is 3.64. The lowest BCUT2D eigenvalue weighted by Crippen LogP contribution is -2.21. The van der Waals surface area contributed by atoms with Gasteiger partial charge in [-0.25, -0.2) is 0 Å². The van der Waals surface area contributed by atoms with Gasteiger partial charge in [0.15, 0.2) is 0 Å². The van der Waals surface area contributed by atoms with Gasteiger partial charge < -0.3 is 10.6 Å². The molecule has 0 aromatic heterocycles. The van der Waals surface area contributed by atoms with Crippen molar-refractivity contribution >= 4 is 30.6 Å². The summed E-state index contributed by atoms with van der Waals surface area (Å²) in [5, 5.41) is 7.95. The topological polar surface area (TPSA) is 53.1 Å². The van der Waals surface area contributed by atoms with E-state index in [1.54, 1.807) is 0 Å². The Bertz CT molecular complexity index is 593. The fourth-order valence-electron chi connectivity index (χ4n) is 2.22. The van der Waals surface area contributed by atoms with Gasteiger partial charge >= 0.3 is 0 Å². The van der Waals surface area contributed by atoms with Gasteiger partial charge in [-0.05, 0) is 29.5 Å². The summed E-state index contributed by atoms with van der Waals surface area (Å²) >= 11 is 0. The van der Waals surface area contributed by atoms with Crippen molar-refractivity contribution < 1.29 is 0 Å². The standard InChI is InChI=1S/C18H23N3.2ClH/c1-21(2)18(20)17-11-9-15(10-12-17)4-3-14-5-7-16(13-19)8-6-14;;/h5-12,20H,3-4,13,19H2,1-2H3;2*1H. The monoisotopic (exact) mass is 353 g/mol. The van der Waals surface area contributed by atoms with Crippen LogP contribution < -0.4 is 5.73 Å². The average molecular weight is 354 g/mol. The molecule has 2 aromatic carbocycles. The van der Waals surface area contributed by atoms with E-state index in [9.17, 15) is 0 Å². The molecule has 0 atom stereocenters. The third kappa shape index (κ3) is 6.22. The van der Waals surface area contributed by atoms with Crippen LogP contribution in [0.5, 0.6) is 0 Å². The highest BCUT2D eigenvalue weighted by atomic mass is 35.5. The lowest BCUT2D eigenvalue weighted by Gasteiger charge is -2.13. The molecule has 5 heteroatoms. The predicted octanol–water partition coefficient (Wildman–Crippen LogP) is 3.66. The molecule has 0 radical (unpaired) electrons. The summed E-state index contributed by atoms with van der Waals surface area (Å²) in [6.45, 7) is 0.597. The fraction of sp³-hybridized carbons (Fsp3) is 0.278. The van der Waals surface area contributed by atoms with Gasteiger partial charge in [-0.1, -0.05) is 48.5 Å². The predicted molar refractivity (Wildman–Crippen MR) is 103 cm³/mol. The number of nitrogens with one attached hydrogen (secondary N) is 1. The van der Waals surface area contributed by atoms with Gasteiger partial charge in [-0.15, -0.1) is 24.8 Å². The minimum Gasteiger partial charge on any atom is -0.363 e. The Hall–Kier alpha value is -1.55. The molecular formula is C18H25Cl2N3. The van der Waals surface area contributed by atoms with Gasteiger partial charge in [0.05, 0.1) is 0 Å². The van der Waals surface area contributed by atoms with Crippen LogP contribution in [-0.4, -0.2) is 24.8 Å². The molecule has 0 spiro atoms. The summed E-state index contributed by atoms with van der Waals surface area (Å²) in [5.74, 6) is 0.541. The highest BCUT2D eigenvalue weighted by Crippen LogP contribution is 2.11. The smallest absolute Gasteiger partial charge is 0.127 e. The van der Waals surface area contributed by atoms with E-state index in [1.165, 1.54) is 16.7 Å². The van der Waals surface area contributed by atoms with Crippen LogP contribution >= 0.6 is 24.8 Å². The summed E-state index contributed by atoms with van der Waals surface area (Å²) in [4.78, 5) is 1.81. The van der Waals surface area contributed by atoms with E-state index in [2.05, 4.69) is 36.4 Å². The maximum atomic E-state index is 7.95. The number of hydrogen-bond donors (Lipinski definition) is 2. The van der Waals surface area contributed by atoms with Crippen molar-refractivity contribution in [2.24, 2.45) is 5.73 Å². The molecule has 0 heterocycles. The van der Waals surface area contributed by atoms with Crippen LogP contribution in [-0.2, 0) is 19.4 Å². The van der Waals surface area contributed by atoms with Crippen molar-refractivity contribution in [3.8, 4) is 0 Å². The Balaban J connectivity index is 0.00000242. The second-order valence-corrected chi connectivity index (χ2v) is 5.46. The maximum absolute atomic E-state index is 7.95. The zero-order valence-corrected chi connectivity index (χ0v) is 15.2. The molecule has 0 saturated carbocycles. The second-order valence-electron chi connectivity index (χ2n) is 5.46. The molecule has 3 N–H and O–H groups in total. The molecular weight excluding hydrogens is 329 g/mol. The zero-order valence-electron chi connectivity index (χ0n) is 13.6. The first-order valence-corrected chi connectivity index (χ1v) is 7.23. The number of amidine groups is 1. The lowest BCUT2D eigenvalue weighted by molar-refractivity contribution is 0.619. The first-order chi connectivity index (χ1) is 10.1. The largest absolute Gasteiger partial charge is 0.363 e. The second kappa shape index (κ2) is 10.3. The molecule has 23 heavy (non-hydrogen) atoms. The Labute approximate surface area is 151 Å². The highest BCUT2D eigenvalue weighted by molar-refractivity contribution is 5.95. The molecule has 2 rings (SSSR count). The number of hydrogen-bond acceptors (Lipinski definition) is 2. The molecule has 0 fully saturated rings. The fourth-order valence-corrected chi connectivity index (χ4v) is 2.22. The van der Waals surface area contributed by atoms with Crippen molar-refractivity contribution in [2.45, 2.75) is 19.4 Å². The van der Waals surface area contributed by atoms with Gasteiger partial charge in [0.1, 0.15) is 5.84 Å². The average Bonchev–Trinajstić information content (AvgIpc) is 2.53. The number of nitrogens with two attached hydrogens (primary N) is 1. The molecule has 126 valence electrons. The van der Waals surface area contributed by atoms with Gasteiger partial charge in [0.25, 0.3) is 0 Å². The first kappa shape index (κ1) is 21.4. The van der Waals surface area contributed by atoms with Crippen molar-refractivity contribution in [3.63, 3.8) is 0 Å². The maximum Gasteiger partial charge on any atom is 0.127 e. The zero-order chi connectivity index (χ0) is 15.2. The van der Waals surface area contributed by atoms with Crippen molar-refractivity contribution in [1.29, 1.82) is 5.41 Å². The van der Waals surface area contributed by atoms with E-state index in [0.29, 0.717) is 12.4 Å². The quantitative estimate of drug-likeness (QED) is 0.636. The highest BCUT2D eigenvalue weighted by Gasteiger charge is 2.03. The van der Waals surface area contributed by atoms with E-state index in [1.807, 2.05) is 31.1 Å². The number of benzene rings is 2. The summed E-state index contributed by atoms with van der Waals surface area (Å²) in [5.41, 5.74) is 10.4. The molecule has 2 aromatic rings. The van der Waals surface area contributed by atoms with Gasteiger partial charge in [0.2, 0.25) is 0 Å². The summed E-state index contributed by atoms with van der Waals surface area (Å²) < 4.78 is 0. The van der Waals surface area contributed by atoms with Crippen LogP contribution in [0.4, 0.5) is 0 Å². The minimum absolute atomic E-state index is 0. The molecule has 3 nitrogen and oxygen atoms in total. The summed E-state index contributed by atoms with van der Waals surface area (Å²) in [7, 11) is 3.78. The van der Waals surface area contributed by atoms with Gasteiger partial charge in [-0.2, -0.15) is 0 Å². The van der Waals surface area contributed by atoms with E-state index >= 15 is 0 Å². The number of rotatable bonds is 5.